The molecular formula is C20H22ClFN4O3. The molecule has 0 unspecified atom stereocenters. The topological polar surface area (TPSA) is 90.5 Å². The van der Waals surface area contributed by atoms with Crippen LogP contribution in [0.3, 0.4) is 0 Å². The highest BCUT2D eigenvalue weighted by Gasteiger charge is 2.43. The maximum atomic E-state index is 13.3. The molecule has 0 aromatic heterocycles. The van der Waals surface area contributed by atoms with Crippen LogP contribution in [0.25, 0.3) is 0 Å². The number of fused-ring (bicyclic) bond motifs is 1. The summed E-state index contributed by atoms with van der Waals surface area (Å²) in [4.78, 5) is 38.6. The van der Waals surface area contributed by atoms with Crippen molar-refractivity contribution in [3.63, 3.8) is 0 Å². The average Bonchev–Trinajstić information content (AvgIpc) is 3.12. The second-order valence-electron chi connectivity index (χ2n) is 7.17. The molecule has 154 valence electrons. The lowest BCUT2D eigenvalue weighted by Gasteiger charge is -2.37. The Morgan fingerprint density at radius 1 is 1.41 bits per heavy atom. The Balaban J connectivity index is 1.59. The molecule has 2 aliphatic heterocycles. The normalized spacial score (nSPS) is 23.6. The Labute approximate surface area is 173 Å². The fraction of sp³-hybridized carbons (Fsp3) is 0.450. The second-order valence-corrected chi connectivity index (χ2v) is 7.57. The molecule has 2 heterocycles. The van der Waals surface area contributed by atoms with Gasteiger partial charge < -0.3 is 16.0 Å². The third kappa shape index (κ3) is 5.05. The largest absolute Gasteiger partial charge is 0.353 e. The van der Waals surface area contributed by atoms with Gasteiger partial charge in [0.2, 0.25) is 11.8 Å². The van der Waals surface area contributed by atoms with E-state index in [9.17, 15) is 18.8 Å². The molecule has 1 aromatic carbocycles. The van der Waals surface area contributed by atoms with E-state index >= 15 is 0 Å². The Bertz CT molecular complexity index is 857. The molecule has 3 N–H and O–H groups in total. The number of piperazine rings is 1. The van der Waals surface area contributed by atoms with Crippen LogP contribution in [0.1, 0.15) is 29.6 Å². The minimum atomic E-state index is -0.591. The molecule has 3 amide bonds. The number of rotatable bonds is 6. The summed E-state index contributed by atoms with van der Waals surface area (Å²) in [6.45, 7) is 1.13. The van der Waals surface area contributed by atoms with Gasteiger partial charge in [0.15, 0.2) is 0 Å². The van der Waals surface area contributed by atoms with Crippen molar-refractivity contribution in [3.8, 4) is 12.3 Å². The molecule has 0 saturated carbocycles. The summed E-state index contributed by atoms with van der Waals surface area (Å²) >= 11 is 5.74. The summed E-state index contributed by atoms with van der Waals surface area (Å²) in [7, 11) is 0. The first-order chi connectivity index (χ1) is 13.9. The van der Waals surface area contributed by atoms with E-state index in [4.69, 9.17) is 18.0 Å². The zero-order valence-electron chi connectivity index (χ0n) is 15.7. The lowest BCUT2D eigenvalue weighted by atomic mass is 10.0. The van der Waals surface area contributed by atoms with Crippen LogP contribution in [0, 0.1) is 18.2 Å². The van der Waals surface area contributed by atoms with E-state index in [-0.39, 0.29) is 53.0 Å². The summed E-state index contributed by atoms with van der Waals surface area (Å²) in [6.07, 6.45) is 6.47. The first kappa shape index (κ1) is 21.1. The minimum absolute atomic E-state index is 0.00328. The van der Waals surface area contributed by atoms with E-state index in [0.29, 0.717) is 32.4 Å². The molecular weight excluding hydrogens is 399 g/mol. The quantitative estimate of drug-likeness (QED) is 0.590. The molecule has 3 atom stereocenters. The number of amides is 3. The summed E-state index contributed by atoms with van der Waals surface area (Å²) in [5, 5.41) is 8.27. The molecule has 29 heavy (non-hydrogen) atoms. The van der Waals surface area contributed by atoms with Crippen LogP contribution in [0.15, 0.2) is 18.2 Å². The van der Waals surface area contributed by atoms with Gasteiger partial charge in [-0.2, -0.15) is 0 Å². The zero-order chi connectivity index (χ0) is 21.0. The smallest absolute Gasteiger partial charge is 0.251 e. The van der Waals surface area contributed by atoms with Crippen LogP contribution in [0.2, 0.25) is 5.02 Å². The summed E-state index contributed by atoms with van der Waals surface area (Å²) in [5.74, 6) is 1.18. The predicted molar refractivity (Wildman–Crippen MR) is 106 cm³/mol. The maximum absolute atomic E-state index is 13.3. The number of hydrogen-bond acceptors (Lipinski definition) is 4. The van der Waals surface area contributed by atoms with E-state index in [1.807, 2.05) is 4.90 Å². The first-order valence-corrected chi connectivity index (χ1v) is 9.76. The molecule has 0 spiro atoms. The number of nitrogens with one attached hydrogen (secondary N) is 3. The van der Waals surface area contributed by atoms with E-state index in [2.05, 4.69) is 21.9 Å². The maximum Gasteiger partial charge on any atom is 0.251 e. The third-order valence-electron chi connectivity index (χ3n) is 5.23. The molecule has 1 aromatic rings. The average molecular weight is 421 g/mol. The Kier molecular flexibility index (Phi) is 6.72. The molecule has 0 aliphatic carbocycles. The molecule has 3 rings (SSSR count). The van der Waals surface area contributed by atoms with Gasteiger partial charge in [-0.15, -0.1) is 6.42 Å². The number of carbonyl (C=O) groups excluding carboxylic acids is 3. The number of terminal acetylenes is 1. The highest BCUT2D eigenvalue weighted by molar-refractivity contribution is 6.31. The van der Waals surface area contributed by atoms with Gasteiger partial charge in [0.05, 0.1) is 17.6 Å². The molecule has 2 aliphatic rings. The third-order valence-corrected chi connectivity index (χ3v) is 5.52. The van der Waals surface area contributed by atoms with Crippen LogP contribution >= 0.6 is 11.6 Å². The van der Waals surface area contributed by atoms with E-state index in [1.54, 1.807) is 0 Å². The Hall–Kier alpha value is -2.63. The van der Waals surface area contributed by atoms with Gasteiger partial charge >= 0.3 is 0 Å². The van der Waals surface area contributed by atoms with E-state index < -0.39 is 5.82 Å². The highest BCUT2D eigenvalue weighted by Crippen LogP contribution is 2.26. The minimum Gasteiger partial charge on any atom is -0.353 e. The lowest BCUT2D eigenvalue weighted by molar-refractivity contribution is -0.129. The Morgan fingerprint density at radius 3 is 2.93 bits per heavy atom. The van der Waals surface area contributed by atoms with Crippen LogP contribution in [-0.4, -0.2) is 60.4 Å². The van der Waals surface area contributed by atoms with Gasteiger partial charge in [0.1, 0.15) is 5.82 Å². The molecule has 0 bridgehead atoms. The molecule has 7 nitrogen and oxygen atoms in total. The van der Waals surface area contributed by atoms with Crippen LogP contribution in [-0.2, 0) is 9.59 Å². The van der Waals surface area contributed by atoms with Gasteiger partial charge in [-0.1, -0.05) is 17.5 Å². The number of nitrogens with zero attached hydrogens (tertiary/aromatic N) is 1. The highest BCUT2D eigenvalue weighted by atomic mass is 35.5. The number of hydrogen-bond donors (Lipinski definition) is 3. The van der Waals surface area contributed by atoms with Gasteiger partial charge in [0.25, 0.3) is 5.91 Å². The van der Waals surface area contributed by atoms with Crippen molar-refractivity contribution in [1.82, 2.24) is 20.9 Å². The van der Waals surface area contributed by atoms with E-state index in [0.717, 1.165) is 6.07 Å². The van der Waals surface area contributed by atoms with Crippen molar-refractivity contribution in [1.29, 1.82) is 0 Å². The first-order valence-electron chi connectivity index (χ1n) is 9.38. The molecule has 2 saturated heterocycles. The van der Waals surface area contributed by atoms with Crippen molar-refractivity contribution < 1.29 is 18.8 Å². The van der Waals surface area contributed by atoms with Crippen LogP contribution < -0.4 is 16.0 Å². The van der Waals surface area contributed by atoms with Crippen molar-refractivity contribution in [2.24, 2.45) is 0 Å². The zero-order valence-corrected chi connectivity index (χ0v) is 16.5. The van der Waals surface area contributed by atoms with Crippen LogP contribution in [0.4, 0.5) is 4.39 Å². The Morgan fingerprint density at radius 2 is 2.21 bits per heavy atom. The van der Waals surface area contributed by atoms with Crippen LogP contribution in [0.5, 0.6) is 0 Å². The molecule has 9 heteroatoms. The van der Waals surface area contributed by atoms with Crippen molar-refractivity contribution in [3.05, 3.63) is 34.6 Å². The number of halogens is 2. The summed E-state index contributed by atoms with van der Waals surface area (Å²) in [6, 6.07) is 3.19. The van der Waals surface area contributed by atoms with Crippen molar-refractivity contribution >= 4 is 29.3 Å². The van der Waals surface area contributed by atoms with Crippen molar-refractivity contribution in [2.45, 2.75) is 37.4 Å². The van der Waals surface area contributed by atoms with E-state index in [1.165, 1.54) is 12.1 Å². The van der Waals surface area contributed by atoms with Crippen molar-refractivity contribution in [2.75, 3.05) is 19.6 Å². The summed E-state index contributed by atoms with van der Waals surface area (Å²) < 4.78 is 13.3. The summed E-state index contributed by atoms with van der Waals surface area (Å²) in [5.41, 5.74) is 0.257. The fourth-order valence-corrected chi connectivity index (χ4v) is 3.97. The number of carbonyl (C=O) groups is 3. The van der Waals surface area contributed by atoms with Gasteiger partial charge in [-0.3, -0.25) is 19.3 Å². The SMILES string of the molecule is C#CCNC(=O)CC[C@@H]1CNC(=O)[C@@H]2C[C@H](NC(=O)c3ccc(F)c(Cl)c3)CN12. The second kappa shape index (κ2) is 9.25. The molecule has 0 radical (unpaired) electrons. The fourth-order valence-electron chi connectivity index (χ4n) is 3.79. The van der Waals surface area contributed by atoms with Gasteiger partial charge in [0, 0.05) is 37.2 Å². The molecule has 2 fully saturated rings. The predicted octanol–water partition coefficient (Wildman–Crippen LogP) is 0.680. The number of benzene rings is 1. The standard InChI is InChI=1S/C20H22ClFN4O3/c1-2-7-23-18(27)6-4-14-10-24-20(29)17-9-13(11-26(14)17)25-19(28)12-3-5-16(22)15(21)8-12/h1,3,5,8,13-14,17H,4,6-7,9-11H2,(H,23,27)(H,24,29)(H,25,28)/t13-,14+,17-/m0/s1. The monoisotopic (exact) mass is 420 g/mol. The van der Waals surface area contributed by atoms with Gasteiger partial charge in [-0.25, -0.2) is 4.39 Å². The lowest BCUT2D eigenvalue weighted by Crippen LogP contribution is -2.58. The van der Waals surface area contributed by atoms with Gasteiger partial charge in [-0.05, 0) is 31.0 Å².